The fraction of sp³-hybridized carbons (Fsp3) is 0.333. The van der Waals surface area contributed by atoms with Gasteiger partial charge in [0.1, 0.15) is 0 Å². The van der Waals surface area contributed by atoms with Crippen LogP contribution < -0.4 is 10.0 Å². The largest absolute Gasteiger partial charge is 0.316 e. The Labute approximate surface area is 120 Å². The maximum absolute atomic E-state index is 11.9. The summed E-state index contributed by atoms with van der Waals surface area (Å²) in [5.41, 5.74) is 0.995. The number of fused-ring (bicyclic) bond motifs is 1. The highest BCUT2D eigenvalue weighted by atomic mass is 32.2. The molecule has 0 aliphatic heterocycles. The van der Waals surface area contributed by atoms with Crippen LogP contribution in [0.5, 0.6) is 0 Å². The van der Waals surface area contributed by atoms with Gasteiger partial charge in [-0.3, -0.25) is 0 Å². The van der Waals surface area contributed by atoms with Crippen LogP contribution in [0.15, 0.2) is 42.5 Å². The van der Waals surface area contributed by atoms with Crippen molar-refractivity contribution in [2.75, 3.05) is 18.8 Å². The zero-order chi connectivity index (χ0) is 14.4. The van der Waals surface area contributed by atoms with E-state index < -0.39 is 10.0 Å². The molecule has 108 valence electrons. The van der Waals surface area contributed by atoms with E-state index in [2.05, 4.69) is 10.0 Å². The first kappa shape index (κ1) is 15.0. The number of nitrogens with one attached hydrogen (secondary N) is 2. The van der Waals surface area contributed by atoms with E-state index >= 15 is 0 Å². The predicted molar refractivity (Wildman–Crippen MR) is 83.1 cm³/mol. The third-order valence-corrected chi connectivity index (χ3v) is 4.49. The summed E-state index contributed by atoms with van der Waals surface area (Å²) in [7, 11) is -3.23. The van der Waals surface area contributed by atoms with E-state index in [9.17, 15) is 8.42 Å². The highest BCUT2D eigenvalue weighted by molar-refractivity contribution is 7.89. The molecule has 0 bridgehead atoms. The second kappa shape index (κ2) is 6.83. The lowest BCUT2D eigenvalue weighted by molar-refractivity contribution is 0.577. The summed E-state index contributed by atoms with van der Waals surface area (Å²) in [5.74, 6) is 0.103. The van der Waals surface area contributed by atoms with Gasteiger partial charge in [0.2, 0.25) is 10.0 Å². The van der Waals surface area contributed by atoms with Crippen LogP contribution in [0, 0.1) is 0 Å². The van der Waals surface area contributed by atoms with E-state index in [1.54, 1.807) is 0 Å². The predicted octanol–water partition coefficient (Wildman–Crippen LogP) is 1.87. The minimum absolute atomic E-state index is 0.103. The van der Waals surface area contributed by atoms with Crippen LogP contribution in [-0.2, 0) is 16.6 Å². The van der Waals surface area contributed by atoms with Gasteiger partial charge >= 0.3 is 0 Å². The third kappa shape index (κ3) is 4.03. The highest BCUT2D eigenvalue weighted by Gasteiger charge is 2.10. The fourth-order valence-electron chi connectivity index (χ4n) is 2.09. The van der Waals surface area contributed by atoms with Gasteiger partial charge in [0.25, 0.3) is 0 Å². The molecule has 0 saturated carbocycles. The van der Waals surface area contributed by atoms with E-state index in [0.717, 1.165) is 22.9 Å². The average molecular weight is 292 g/mol. The summed E-state index contributed by atoms with van der Waals surface area (Å²) in [5, 5.41) is 5.22. The van der Waals surface area contributed by atoms with Gasteiger partial charge in [0.15, 0.2) is 0 Å². The first-order valence-electron chi connectivity index (χ1n) is 6.77. The van der Waals surface area contributed by atoms with Gasteiger partial charge in [-0.1, -0.05) is 49.4 Å². The Kier molecular flexibility index (Phi) is 5.11. The van der Waals surface area contributed by atoms with Crippen molar-refractivity contribution in [1.29, 1.82) is 0 Å². The molecule has 4 nitrogen and oxygen atoms in total. The molecular formula is C15H20N2O2S. The van der Waals surface area contributed by atoms with Crippen molar-refractivity contribution in [3.05, 3.63) is 48.0 Å². The number of hydrogen-bond acceptors (Lipinski definition) is 3. The lowest BCUT2D eigenvalue weighted by Crippen LogP contribution is -2.31. The first-order chi connectivity index (χ1) is 9.62. The van der Waals surface area contributed by atoms with E-state index in [-0.39, 0.29) is 5.75 Å². The third-order valence-electron chi connectivity index (χ3n) is 3.16. The molecule has 0 aliphatic rings. The molecule has 0 atom stereocenters. The lowest BCUT2D eigenvalue weighted by atomic mass is 10.1. The molecule has 0 spiro atoms. The Hall–Kier alpha value is -1.43. The van der Waals surface area contributed by atoms with Crippen molar-refractivity contribution >= 4 is 20.8 Å². The molecule has 2 aromatic rings. The normalized spacial score (nSPS) is 11.8. The van der Waals surface area contributed by atoms with E-state index in [4.69, 9.17) is 0 Å². The Bertz CT molecular complexity index is 663. The first-order valence-corrected chi connectivity index (χ1v) is 8.42. The van der Waals surface area contributed by atoms with Crippen LogP contribution in [0.4, 0.5) is 0 Å². The molecule has 20 heavy (non-hydrogen) atoms. The van der Waals surface area contributed by atoms with Gasteiger partial charge in [-0.05, 0) is 22.9 Å². The molecule has 0 amide bonds. The highest BCUT2D eigenvalue weighted by Crippen LogP contribution is 2.18. The monoisotopic (exact) mass is 292 g/mol. The van der Waals surface area contributed by atoms with Crippen molar-refractivity contribution in [3.63, 3.8) is 0 Å². The summed E-state index contributed by atoms with van der Waals surface area (Å²) >= 11 is 0. The zero-order valence-electron chi connectivity index (χ0n) is 11.6. The van der Waals surface area contributed by atoms with E-state index in [1.807, 2.05) is 49.4 Å². The molecule has 2 N–H and O–H groups in total. The van der Waals surface area contributed by atoms with Gasteiger partial charge in [0.05, 0.1) is 5.75 Å². The van der Waals surface area contributed by atoms with Gasteiger partial charge in [0, 0.05) is 13.1 Å². The molecular weight excluding hydrogens is 272 g/mol. The van der Waals surface area contributed by atoms with Gasteiger partial charge in [-0.2, -0.15) is 0 Å². The topological polar surface area (TPSA) is 58.2 Å². The minimum atomic E-state index is -3.23. The smallest absolute Gasteiger partial charge is 0.213 e. The summed E-state index contributed by atoms with van der Waals surface area (Å²) in [6, 6.07) is 13.9. The van der Waals surface area contributed by atoms with Crippen LogP contribution in [0.3, 0.4) is 0 Å². The lowest BCUT2D eigenvalue weighted by Gasteiger charge is -2.09. The standard InChI is InChI=1S/C15H20N2O2S/c1-2-16-10-11-20(18,19)17-12-14-8-5-7-13-6-3-4-9-15(13)14/h3-9,16-17H,2,10-12H2,1H3. The van der Waals surface area contributed by atoms with Crippen LogP contribution in [0.2, 0.25) is 0 Å². The Morgan fingerprint density at radius 3 is 2.60 bits per heavy atom. The number of sulfonamides is 1. The van der Waals surface area contributed by atoms with E-state index in [1.165, 1.54) is 0 Å². The van der Waals surface area contributed by atoms with Crippen molar-refractivity contribution in [1.82, 2.24) is 10.0 Å². The van der Waals surface area contributed by atoms with Crippen molar-refractivity contribution < 1.29 is 8.42 Å². The molecule has 0 aliphatic carbocycles. The number of rotatable bonds is 7. The summed E-state index contributed by atoms with van der Waals surface area (Å²) in [4.78, 5) is 0. The number of hydrogen-bond donors (Lipinski definition) is 2. The summed E-state index contributed by atoms with van der Waals surface area (Å²) < 4.78 is 26.4. The number of benzene rings is 2. The molecule has 0 fully saturated rings. The van der Waals surface area contributed by atoms with Crippen molar-refractivity contribution in [2.24, 2.45) is 0 Å². The second-order valence-corrected chi connectivity index (χ2v) is 6.56. The maximum Gasteiger partial charge on any atom is 0.213 e. The molecule has 2 rings (SSSR count). The van der Waals surface area contributed by atoms with Gasteiger partial charge in [-0.15, -0.1) is 0 Å². The van der Waals surface area contributed by atoms with Crippen LogP contribution in [-0.4, -0.2) is 27.3 Å². The Morgan fingerprint density at radius 1 is 1.05 bits per heavy atom. The maximum atomic E-state index is 11.9. The molecule has 2 aromatic carbocycles. The van der Waals surface area contributed by atoms with Crippen LogP contribution >= 0.6 is 0 Å². The van der Waals surface area contributed by atoms with Crippen molar-refractivity contribution in [3.8, 4) is 0 Å². The van der Waals surface area contributed by atoms with Gasteiger partial charge < -0.3 is 5.32 Å². The fourth-order valence-corrected chi connectivity index (χ4v) is 3.02. The minimum Gasteiger partial charge on any atom is -0.316 e. The van der Waals surface area contributed by atoms with Crippen LogP contribution in [0.25, 0.3) is 10.8 Å². The summed E-state index contributed by atoms with van der Waals surface area (Å²) in [6.45, 7) is 3.53. The van der Waals surface area contributed by atoms with Crippen LogP contribution in [0.1, 0.15) is 12.5 Å². The Morgan fingerprint density at radius 2 is 1.80 bits per heavy atom. The van der Waals surface area contributed by atoms with Crippen molar-refractivity contribution in [2.45, 2.75) is 13.5 Å². The second-order valence-electron chi connectivity index (χ2n) is 4.63. The average Bonchev–Trinajstić information content (AvgIpc) is 2.45. The zero-order valence-corrected chi connectivity index (χ0v) is 12.4. The molecule has 0 radical (unpaired) electrons. The molecule has 0 saturated heterocycles. The SMILES string of the molecule is CCNCCS(=O)(=O)NCc1cccc2ccccc12. The van der Waals surface area contributed by atoms with E-state index in [0.29, 0.717) is 13.1 Å². The molecule has 0 unspecified atom stereocenters. The summed E-state index contributed by atoms with van der Waals surface area (Å²) in [6.07, 6.45) is 0. The molecule has 0 heterocycles. The molecule has 5 heteroatoms. The van der Waals surface area contributed by atoms with Gasteiger partial charge in [-0.25, -0.2) is 13.1 Å². The quantitative estimate of drug-likeness (QED) is 0.766. The molecule has 0 aromatic heterocycles. The Balaban J connectivity index is 2.06.